The number of rotatable bonds is 4. The van der Waals surface area contributed by atoms with Gasteiger partial charge in [-0.2, -0.15) is 5.26 Å². The van der Waals surface area contributed by atoms with Crippen LogP contribution >= 0.6 is 0 Å². The molecule has 122 valence electrons. The predicted molar refractivity (Wildman–Crippen MR) is 81.5 cm³/mol. The van der Waals surface area contributed by atoms with Crippen molar-refractivity contribution >= 4 is 12.0 Å². The third-order valence-electron chi connectivity index (χ3n) is 4.03. The maximum atomic E-state index is 12.5. The van der Waals surface area contributed by atoms with Gasteiger partial charge >= 0.3 is 6.09 Å². The van der Waals surface area contributed by atoms with Crippen molar-refractivity contribution in [1.29, 1.82) is 5.26 Å². The summed E-state index contributed by atoms with van der Waals surface area (Å²) in [6.07, 6.45) is 1.74. The molecule has 0 bridgehead atoms. The van der Waals surface area contributed by atoms with Crippen LogP contribution in [0.15, 0.2) is 24.3 Å². The molecule has 0 aliphatic heterocycles. The number of amides is 2. The molecule has 7 heteroatoms. The number of nitrogens with one attached hydrogen (secondary N) is 2. The average Bonchev–Trinajstić information content (AvgIpc) is 2.52. The predicted octanol–water partition coefficient (Wildman–Crippen LogP) is 1.90. The first-order valence-electron chi connectivity index (χ1n) is 7.49. The lowest BCUT2D eigenvalue weighted by Gasteiger charge is -2.30. The minimum absolute atomic E-state index is 0.0140. The highest BCUT2D eigenvalue weighted by atomic mass is 16.4. The van der Waals surface area contributed by atoms with E-state index in [4.69, 9.17) is 5.11 Å². The van der Waals surface area contributed by atoms with E-state index in [9.17, 15) is 20.0 Å². The molecule has 0 heterocycles. The zero-order chi connectivity index (χ0) is 16.8. The van der Waals surface area contributed by atoms with Gasteiger partial charge in [0, 0.05) is 6.04 Å². The van der Waals surface area contributed by atoms with Gasteiger partial charge in [-0.25, -0.2) is 4.79 Å². The van der Waals surface area contributed by atoms with Gasteiger partial charge in [-0.15, -0.1) is 0 Å². The Morgan fingerprint density at radius 2 is 2.04 bits per heavy atom. The second-order valence-corrected chi connectivity index (χ2v) is 5.61. The van der Waals surface area contributed by atoms with Crippen molar-refractivity contribution in [1.82, 2.24) is 10.6 Å². The molecule has 23 heavy (non-hydrogen) atoms. The van der Waals surface area contributed by atoms with Gasteiger partial charge in [0.1, 0.15) is 11.8 Å². The number of hydrogen-bond acceptors (Lipinski definition) is 4. The fraction of sp³-hybridized carbons (Fsp3) is 0.438. The van der Waals surface area contributed by atoms with Gasteiger partial charge in [-0.3, -0.25) is 4.79 Å². The number of aromatic hydroxyl groups is 1. The van der Waals surface area contributed by atoms with Crippen LogP contribution in [0.25, 0.3) is 0 Å². The summed E-state index contributed by atoms with van der Waals surface area (Å²) in [5, 5.41) is 32.7. The van der Waals surface area contributed by atoms with E-state index >= 15 is 0 Å². The standard InChI is InChI=1S/C16H19N3O4/c17-9-14(10-4-3-5-11(20)8-10)18-15(21)12-6-1-2-7-13(12)19-16(22)23/h3-5,8,12-14,19-20H,1-2,6-7H2,(H,18,21)(H,22,23)/t12-,13-,14-/m1/s1. The summed E-state index contributed by atoms with van der Waals surface area (Å²) in [5.74, 6) is -0.827. The number of carbonyl (C=O) groups is 2. The molecule has 0 unspecified atom stereocenters. The van der Waals surface area contributed by atoms with Crippen LogP contribution < -0.4 is 10.6 Å². The first-order chi connectivity index (χ1) is 11.0. The Kier molecular flexibility index (Phi) is 5.41. The molecule has 7 nitrogen and oxygen atoms in total. The highest BCUT2D eigenvalue weighted by Crippen LogP contribution is 2.26. The van der Waals surface area contributed by atoms with Crippen molar-refractivity contribution < 1.29 is 19.8 Å². The first kappa shape index (κ1) is 16.6. The van der Waals surface area contributed by atoms with Crippen molar-refractivity contribution in [3.05, 3.63) is 29.8 Å². The van der Waals surface area contributed by atoms with E-state index in [1.807, 2.05) is 6.07 Å². The van der Waals surface area contributed by atoms with Crippen LogP contribution in [0.4, 0.5) is 4.79 Å². The molecule has 2 rings (SSSR count). The van der Waals surface area contributed by atoms with Crippen LogP contribution in [0, 0.1) is 17.2 Å². The van der Waals surface area contributed by atoms with Crippen molar-refractivity contribution in [2.24, 2.45) is 5.92 Å². The van der Waals surface area contributed by atoms with Crippen LogP contribution in [0.3, 0.4) is 0 Å². The van der Waals surface area contributed by atoms with Gasteiger partial charge in [0.2, 0.25) is 5.91 Å². The largest absolute Gasteiger partial charge is 0.508 e. The minimum atomic E-state index is -1.15. The molecule has 0 spiro atoms. The van der Waals surface area contributed by atoms with E-state index in [1.165, 1.54) is 12.1 Å². The Hall–Kier alpha value is -2.75. The number of benzene rings is 1. The number of nitriles is 1. The lowest BCUT2D eigenvalue weighted by molar-refractivity contribution is -0.127. The van der Waals surface area contributed by atoms with Crippen LogP contribution in [0.1, 0.15) is 37.3 Å². The Labute approximate surface area is 133 Å². The molecule has 3 atom stereocenters. The van der Waals surface area contributed by atoms with Gasteiger partial charge in [0.05, 0.1) is 12.0 Å². The minimum Gasteiger partial charge on any atom is -0.508 e. The second kappa shape index (κ2) is 7.49. The summed E-state index contributed by atoms with van der Waals surface area (Å²) in [7, 11) is 0. The van der Waals surface area contributed by atoms with Crippen molar-refractivity contribution in [2.75, 3.05) is 0 Å². The van der Waals surface area contributed by atoms with Crippen LogP contribution in [-0.4, -0.2) is 28.3 Å². The Balaban J connectivity index is 2.09. The van der Waals surface area contributed by atoms with E-state index in [2.05, 4.69) is 10.6 Å². The molecule has 1 aliphatic carbocycles. The number of carboxylic acid groups (broad SMARTS) is 1. The molecule has 2 amide bonds. The van der Waals surface area contributed by atoms with Crippen LogP contribution in [0.5, 0.6) is 5.75 Å². The van der Waals surface area contributed by atoms with Crippen LogP contribution in [0.2, 0.25) is 0 Å². The Morgan fingerprint density at radius 3 is 2.70 bits per heavy atom. The highest BCUT2D eigenvalue weighted by Gasteiger charge is 2.33. The lowest BCUT2D eigenvalue weighted by Crippen LogP contribution is -2.48. The van der Waals surface area contributed by atoms with E-state index < -0.39 is 24.1 Å². The van der Waals surface area contributed by atoms with Crippen molar-refractivity contribution in [2.45, 2.75) is 37.8 Å². The number of hydrogen-bond donors (Lipinski definition) is 4. The molecular weight excluding hydrogens is 298 g/mol. The zero-order valence-corrected chi connectivity index (χ0v) is 12.5. The normalized spacial score (nSPS) is 21.7. The summed E-state index contributed by atoms with van der Waals surface area (Å²) < 4.78 is 0. The van der Waals surface area contributed by atoms with Gasteiger partial charge in [0.25, 0.3) is 0 Å². The molecule has 1 saturated carbocycles. The number of carbonyl (C=O) groups excluding carboxylic acids is 1. The summed E-state index contributed by atoms with van der Waals surface area (Å²) >= 11 is 0. The summed E-state index contributed by atoms with van der Waals surface area (Å²) in [5.41, 5.74) is 0.486. The Morgan fingerprint density at radius 1 is 1.30 bits per heavy atom. The molecule has 0 aromatic heterocycles. The van der Waals surface area contributed by atoms with Crippen molar-refractivity contribution in [3.8, 4) is 11.8 Å². The highest BCUT2D eigenvalue weighted by molar-refractivity contribution is 5.81. The molecule has 4 N–H and O–H groups in total. The average molecular weight is 317 g/mol. The monoisotopic (exact) mass is 317 g/mol. The third kappa shape index (κ3) is 4.36. The SMILES string of the molecule is N#C[C@@H](NC(=O)[C@@H]1CCCC[C@H]1NC(=O)O)c1cccc(O)c1. The molecular formula is C16H19N3O4. The fourth-order valence-electron chi connectivity index (χ4n) is 2.92. The zero-order valence-electron chi connectivity index (χ0n) is 12.5. The smallest absolute Gasteiger partial charge is 0.404 e. The van der Waals surface area contributed by atoms with Crippen molar-refractivity contribution in [3.63, 3.8) is 0 Å². The van der Waals surface area contributed by atoms with Crippen LogP contribution in [-0.2, 0) is 4.79 Å². The fourth-order valence-corrected chi connectivity index (χ4v) is 2.92. The lowest BCUT2D eigenvalue weighted by atomic mass is 9.83. The quantitative estimate of drug-likeness (QED) is 0.675. The number of nitrogens with zero attached hydrogens (tertiary/aromatic N) is 1. The first-order valence-corrected chi connectivity index (χ1v) is 7.49. The third-order valence-corrected chi connectivity index (χ3v) is 4.03. The molecule has 0 radical (unpaired) electrons. The summed E-state index contributed by atoms with van der Waals surface area (Å²) in [4.78, 5) is 23.3. The van der Waals surface area contributed by atoms with Gasteiger partial charge in [-0.1, -0.05) is 25.0 Å². The maximum Gasteiger partial charge on any atom is 0.404 e. The van der Waals surface area contributed by atoms with Gasteiger partial charge < -0.3 is 20.8 Å². The summed E-state index contributed by atoms with van der Waals surface area (Å²) in [6.45, 7) is 0. The van der Waals surface area contributed by atoms with E-state index in [0.29, 0.717) is 18.4 Å². The molecule has 1 aliphatic rings. The number of phenolic OH excluding ortho intramolecular Hbond substituents is 1. The van der Waals surface area contributed by atoms with Gasteiger partial charge in [0.15, 0.2) is 0 Å². The second-order valence-electron chi connectivity index (χ2n) is 5.61. The maximum absolute atomic E-state index is 12.5. The molecule has 0 saturated heterocycles. The Bertz CT molecular complexity index is 626. The summed E-state index contributed by atoms with van der Waals surface area (Å²) in [6, 6.07) is 6.80. The molecule has 1 fully saturated rings. The van der Waals surface area contributed by atoms with E-state index in [1.54, 1.807) is 12.1 Å². The van der Waals surface area contributed by atoms with E-state index in [0.717, 1.165) is 12.8 Å². The number of phenols is 1. The molecule has 1 aromatic rings. The molecule has 1 aromatic carbocycles. The van der Waals surface area contributed by atoms with E-state index in [-0.39, 0.29) is 11.7 Å². The topological polar surface area (TPSA) is 122 Å². The van der Waals surface area contributed by atoms with Gasteiger partial charge in [-0.05, 0) is 30.5 Å².